The maximum atomic E-state index is 2.45. The van der Waals surface area contributed by atoms with Gasteiger partial charge in [-0.2, -0.15) is 0 Å². The third-order valence-corrected chi connectivity index (χ3v) is 15.3. The van der Waals surface area contributed by atoms with E-state index in [-0.39, 0.29) is 15.2 Å². The predicted octanol–water partition coefficient (Wildman–Crippen LogP) is 6.45. The van der Waals surface area contributed by atoms with Gasteiger partial charge in [0.05, 0.1) is 0 Å². The van der Waals surface area contributed by atoms with E-state index in [0.29, 0.717) is 21.6 Å². The first-order valence-electron chi connectivity index (χ1n) is 7.50. The molecule has 0 aliphatic heterocycles. The molecule has 0 saturated heterocycles. The van der Waals surface area contributed by atoms with E-state index < -0.39 is 0 Å². The molecule has 0 radical (unpaired) electrons. The third kappa shape index (κ3) is 3.52. The standard InChI is InChI=1S/C18H28P2/c1-17(2,3)19(15-11-7-8-12-15)20(18(4,5)6)16-13-9-10-14-16/h7-16H,1-6H3. The Morgan fingerprint density at radius 3 is 1.00 bits per heavy atom. The molecule has 0 amide bonds. The Kier molecular flexibility index (Phi) is 4.78. The van der Waals surface area contributed by atoms with Gasteiger partial charge in [-0.25, -0.2) is 0 Å². The quantitative estimate of drug-likeness (QED) is 0.525. The highest BCUT2D eigenvalue weighted by molar-refractivity contribution is 8.31. The molecule has 20 heavy (non-hydrogen) atoms. The first-order valence-corrected chi connectivity index (χ1v) is 11.0. The zero-order valence-corrected chi connectivity index (χ0v) is 15.5. The summed E-state index contributed by atoms with van der Waals surface area (Å²) in [5.41, 5.74) is 1.33. The van der Waals surface area contributed by atoms with Crippen LogP contribution in [0.1, 0.15) is 41.5 Å². The normalized spacial score (nSPS) is 22.9. The summed E-state index contributed by atoms with van der Waals surface area (Å²) in [4.78, 5) is 0. The molecule has 2 unspecified atom stereocenters. The Labute approximate surface area is 127 Å². The van der Waals surface area contributed by atoms with Gasteiger partial charge in [0, 0.05) is 11.3 Å². The second kappa shape index (κ2) is 5.90. The van der Waals surface area contributed by atoms with Crippen molar-refractivity contribution in [1.82, 2.24) is 0 Å². The van der Waals surface area contributed by atoms with Crippen LogP contribution < -0.4 is 0 Å². The van der Waals surface area contributed by atoms with Gasteiger partial charge >= 0.3 is 0 Å². The van der Waals surface area contributed by atoms with Crippen LogP contribution in [-0.4, -0.2) is 21.6 Å². The fraction of sp³-hybridized carbons (Fsp3) is 0.556. The van der Waals surface area contributed by atoms with Crippen LogP contribution >= 0.6 is 15.2 Å². The van der Waals surface area contributed by atoms with Crippen molar-refractivity contribution >= 4 is 15.2 Å². The van der Waals surface area contributed by atoms with Gasteiger partial charge in [0.1, 0.15) is 0 Å². The van der Waals surface area contributed by atoms with E-state index in [0.717, 1.165) is 0 Å². The minimum Gasteiger partial charge on any atom is -0.0730 e. The molecule has 2 heteroatoms. The number of hydrogen-bond acceptors (Lipinski definition) is 0. The van der Waals surface area contributed by atoms with E-state index in [1.165, 1.54) is 0 Å². The highest BCUT2D eigenvalue weighted by Gasteiger charge is 2.44. The van der Waals surface area contributed by atoms with Crippen molar-refractivity contribution < 1.29 is 0 Å². The summed E-state index contributed by atoms with van der Waals surface area (Å²) >= 11 is 0. The third-order valence-electron chi connectivity index (χ3n) is 3.63. The van der Waals surface area contributed by atoms with Crippen LogP contribution in [0.3, 0.4) is 0 Å². The van der Waals surface area contributed by atoms with E-state index in [2.05, 4.69) is 90.2 Å². The highest BCUT2D eigenvalue weighted by atomic mass is 32.1. The van der Waals surface area contributed by atoms with Gasteiger partial charge < -0.3 is 0 Å². The van der Waals surface area contributed by atoms with Crippen LogP contribution in [0.4, 0.5) is 0 Å². The lowest BCUT2D eigenvalue weighted by Crippen LogP contribution is -2.25. The summed E-state index contributed by atoms with van der Waals surface area (Å²) in [6.07, 6.45) is 18.7. The maximum absolute atomic E-state index is 2.45. The average Bonchev–Trinajstić information content (AvgIpc) is 2.95. The molecule has 110 valence electrons. The summed E-state index contributed by atoms with van der Waals surface area (Å²) < 4.78 is 0. The van der Waals surface area contributed by atoms with Gasteiger partial charge in [0.15, 0.2) is 0 Å². The smallest absolute Gasteiger partial charge is 0.0200 e. The average molecular weight is 306 g/mol. The van der Waals surface area contributed by atoms with Crippen molar-refractivity contribution in [2.24, 2.45) is 0 Å². The molecule has 0 aromatic rings. The van der Waals surface area contributed by atoms with Gasteiger partial charge in [0.2, 0.25) is 0 Å². The Morgan fingerprint density at radius 2 is 0.800 bits per heavy atom. The number of allylic oxidation sites excluding steroid dienone is 8. The lowest BCUT2D eigenvalue weighted by molar-refractivity contribution is 0.770. The number of hydrogen-bond donors (Lipinski definition) is 0. The molecule has 0 heterocycles. The van der Waals surface area contributed by atoms with E-state index in [1.54, 1.807) is 0 Å². The molecular formula is C18H28P2. The highest BCUT2D eigenvalue weighted by Crippen LogP contribution is 2.84. The van der Waals surface area contributed by atoms with Gasteiger partial charge in [-0.15, -0.1) is 0 Å². The van der Waals surface area contributed by atoms with Crippen molar-refractivity contribution in [2.45, 2.75) is 63.2 Å². The van der Waals surface area contributed by atoms with Crippen LogP contribution in [0.25, 0.3) is 0 Å². The molecule has 2 atom stereocenters. The first kappa shape index (κ1) is 16.2. The zero-order chi connectivity index (χ0) is 15.0. The van der Waals surface area contributed by atoms with Crippen molar-refractivity contribution in [3.63, 3.8) is 0 Å². The molecule has 2 aliphatic rings. The Morgan fingerprint density at radius 1 is 0.550 bits per heavy atom. The monoisotopic (exact) mass is 306 g/mol. The van der Waals surface area contributed by atoms with Crippen LogP contribution in [0.15, 0.2) is 48.6 Å². The van der Waals surface area contributed by atoms with E-state index >= 15 is 0 Å². The molecule has 0 aromatic carbocycles. The van der Waals surface area contributed by atoms with E-state index in [1.807, 2.05) is 0 Å². The maximum Gasteiger partial charge on any atom is 0.0200 e. The van der Waals surface area contributed by atoms with Crippen molar-refractivity contribution in [3.8, 4) is 0 Å². The summed E-state index contributed by atoms with van der Waals surface area (Å²) in [7, 11) is -0.153. The van der Waals surface area contributed by atoms with Crippen LogP contribution in [0.2, 0.25) is 0 Å². The Balaban J connectivity index is 2.41. The molecule has 0 saturated carbocycles. The van der Waals surface area contributed by atoms with E-state index in [4.69, 9.17) is 0 Å². The van der Waals surface area contributed by atoms with Gasteiger partial charge in [-0.1, -0.05) is 105 Å². The summed E-state index contributed by atoms with van der Waals surface area (Å²) in [5.74, 6) is 0. The van der Waals surface area contributed by atoms with Crippen LogP contribution in [0.5, 0.6) is 0 Å². The number of rotatable bonds is 3. The lowest BCUT2D eigenvalue weighted by Gasteiger charge is -2.48. The Hall–Kier alpha value is -0.180. The second-order valence-corrected chi connectivity index (χ2v) is 15.4. The van der Waals surface area contributed by atoms with E-state index in [9.17, 15) is 0 Å². The van der Waals surface area contributed by atoms with Crippen molar-refractivity contribution in [3.05, 3.63) is 48.6 Å². The summed E-state index contributed by atoms with van der Waals surface area (Å²) in [5, 5.41) is 0.782. The molecule has 0 aromatic heterocycles. The molecular weight excluding hydrogens is 278 g/mol. The Bertz CT molecular complexity index is 387. The fourth-order valence-corrected chi connectivity index (χ4v) is 14.2. The summed E-state index contributed by atoms with van der Waals surface area (Å²) in [6, 6.07) is 0. The SMILES string of the molecule is CC(C)(C)P(C1C=CC=C1)P(C1C=CC=C1)C(C)(C)C. The molecule has 2 rings (SSSR count). The minimum atomic E-state index is -0.0766. The van der Waals surface area contributed by atoms with Crippen molar-refractivity contribution in [2.75, 3.05) is 0 Å². The topological polar surface area (TPSA) is 0 Å². The van der Waals surface area contributed by atoms with Gasteiger partial charge in [0.25, 0.3) is 0 Å². The van der Waals surface area contributed by atoms with Crippen LogP contribution in [-0.2, 0) is 0 Å². The molecule has 0 bridgehead atoms. The molecule has 0 nitrogen and oxygen atoms in total. The van der Waals surface area contributed by atoms with Crippen LogP contribution in [0, 0.1) is 0 Å². The minimum absolute atomic E-state index is 0.0766. The van der Waals surface area contributed by atoms with Gasteiger partial charge in [-0.3, -0.25) is 0 Å². The second-order valence-electron chi connectivity index (χ2n) is 7.55. The molecule has 0 N–H and O–H groups in total. The predicted molar refractivity (Wildman–Crippen MR) is 97.5 cm³/mol. The zero-order valence-electron chi connectivity index (χ0n) is 13.7. The molecule has 0 fully saturated rings. The summed E-state index contributed by atoms with van der Waals surface area (Å²) in [6.45, 7) is 14.7. The van der Waals surface area contributed by atoms with Crippen molar-refractivity contribution in [1.29, 1.82) is 0 Å². The molecule has 0 spiro atoms. The first-order chi connectivity index (χ1) is 9.21. The lowest BCUT2D eigenvalue weighted by atomic mass is 10.3. The largest absolute Gasteiger partial charge is 0.0730 e. The fourth-order valence-electron chi connectivity index (χ4n) is 2.99. The van der Waals surface area contributed by atoms with Gasteiger partial charge in [-0.05, 0) is 10.3 Å². The molecule has 2 aliphatic carbocycles.